The largest absolute Gasteiger partial charge is 0.764 e. The van der Waals surface area contributed by atoms with Gasteiger partial charge < -0.3 is 9.79 Å². The summed E-state index contributed by atoms with van der Waals surface area (Å²) in [5.74, 6) is 0. The SMILES string of the molecule is CC[N+](CC)(Sc1ccc(Cl)s1)P(=O)([O-])[O-]. The molecular formula is C8H12ClNO3PS2-. The summed E-state index contributed by atoms with van der Waals surface area (Å²) >= 11 is 8.09. The second-order valence-corrected chi connectivity index (χ2v) is 8.37. The smallest absolute Gasteiger partial charge is 0.137 e. The summed E-state index contributed by atoms with van der Waals surface area (Å²) in [7, 11) is -4.70. The lowest BCUT2D eigenvalue weighted by Crippen LogP contribution is -2.45. The van der Waals surface area contributed by atoms with E-state index >= 15 is 0 Å². The molecule has 92 valence electrons. The molecule has 0 radical (unpaired) electrons. The third-order valence-corrected chi connectivity index (χ3v) is 7.22. The zero-order valence-electron chi connectivity index (χ0n) is 8.88. The van der Waals surface area contributed by atoms with Crippen LogP contribution in [-0.2, 0) is 4.57 Å². The van der Waals surface area contributed by atoms with Gasteiger partial charge >= 0.3 is 0 Å². The molecule has 0 fully saturated rings. The zero-order valence-corrected chi connectivity index (χ0v) is 12.2. The Hall–Kier alpha value is 0.450. The van der Waals surface area contributed by atoms with Crippen LogP contribution in [-0.4, -0.2) is 16.7 Å². The molecule has 0 aliphatic carbocycles. The highest BCUT2D eigenvalue weighted by molar-refractivity contribution is 7.98. The Morgan fingerprint density at radius 3 is 2.31 bits per heavy atom. The van der Waals surface area contributed by atoms with Gasteiger partial charge in [0.25, 0.3) is 0 Å². The standard InChI is InChI=1S/C8H13ClNO3PS2/c1-3-10(4-2,14(11,12)13)16-8-6-5-7(9)15-8/h5-6H,3-4H2,1-2H3,(H-,11,12,13)/p-1. The minimum atomic E-state index is -4.70. The molecule has 4 nitrogen and oxygen atoms in total. The summed E-state index contributed by atoms with van der Waals surface area (Å²) in [5, 5.41) is 0. The van der Waals surface area contributed by atoms with Crippen LogP contribution in [0.3, 0.4) is 0 Å². The van der Waals surface area contributed by atoms with Crippen molar-refractivity contribution in [1.29, 1.82) is 0 Å². The van der Waals surface area contributed by atoms with Gasteiger partial charge in [0.2, 0.25) is 0 Å². The van der Waals surface area contributed by atoms with E-state index in [9.17, 15) is 14.4 Å². The summed E-state index contributed by atoms with van der Waals surface area (Å²) < 4.78 is 12.1. The highest BCUT2D eigenvalue weighted by Crippen LogP contribution is 2.51. The van der Waals surface area contributed by atoms with Gasteiger partial charge in [0.1, 0.15) is 23.9 Å². The first-order valence-corrected chi connectivity index (χ1v) is 8.15. The quantitative estimate of drug-likeness (QED) is 0.617. The summed E-state index contributed by atoms with van der Waals surface area (Å²) in [5.41, 5.74) is 0. The first-order chi connectivity index (χ1) is 7.34. The minimum absolute atomic E-state index is 0.237. The van der Waals surface area contributed by atoms with Gasteiger partial charge in [0.15, 0.2) is 0 Å². The number of halogens is 1. The van der Waals surface area contributed by atoms with Crippen LogP contribution in [0.15, 0.2) is 16.3 Å². The second-order valence-electron chi connectivity index (χ2n) is 3.10. The van der Waals surface area contributed by atoms with Crippen molar-refractivity contribution in [3.05, 3.63) is 16.5 Å². The van der Waals surface area contributed by atoms with Crippen LogP contribution in [0.5, 0.6) is 0 Å². The van der Waals surface area contributed by atoms with E-state index < -0.39 is 11.4 Å². The molecule has 0 aliphatic heterocycles. The molecule has 0 amide bonds. The number of hydrogen-bond acceptors (Lipinski definition) is 5. The molecule has 0 aromatic carbocycles. The summed E-state index contributed by atoms with van der Waals surface area (Å²) in [6.45, 7) is 3.85. The highest BCUT2D eigenvalue weighted by Gasteiger charge is 2.31. The fraction of sp³-hybridized carbons (Fsp3) is 0.500. The number of thiophene rings is 1. The molecular weight excluding hydrogens is 289 g/mol. The van der Waals surface area contributed by atoms with Crippen molar-refractivity contribution in [2.45, 2.75) is 18.1 Å². The van der Waals surface area contributed by atoms with Crippen LogP contribution >= 0.6 is 42.6 Å². The Morgan fingerprint density at radius 2 is 2.00 bits per heavy atom. The van der Waals surface area contributed by atoms with E-state index in [0.29, 0.717) is 4.34 Å². The molecule has 0 aliphatic rings. The number of quaternary nitrogens is 1. The van der Waals surface area contributed by atoms with Crippen LogP contribution in [0, 0.1) is 0 Å². The highest BCUT2D eigenvalue weighted by atomic mass is 35.5. The van der Waals surface area contributed by atoms with Crippen LogP contribution in [0.4, 0.5) is 0 Å². The lowest BCUT2D eigenvalue weighted by molar-refractivity contribution is -0.718. The Labute approximate surface area is 108 Å². The van der Waals surface area contributed by atoms with Crippen molar-refractivity contribution in [3.63, 3.8) is 0 Å². The van der Waals surface area contributed by atoms with E-state index in [-0.39, 0.29) is 13.1 Å². The van der Waals surface area contributed by atoms with Gasteiger partial charge in [0, 0.05) is 0 Å². The van der Waals surface area contributed by atoms with E-state index in [1.165, 1.54) is 11.3 Å². The molecule has 1 aromatic heterocycles. The molecule has 0 N–H and O–H groups in total. The maximum atomic E-state index is 11.3. The fourth-order valence-corrected chi connectivity index (χ4v) is 5.27. The minimum Gasteiger partial charge on any atom is -0.764 e. The van der Waals surface area contributed by atoms with Crippen LogP contribution in [0.25, 0.3) is 0 Å². The van der Waals surface area contributed by atoms with Gasteiger partial charge in [0.05, 0.1) is 17.4 Å². The van der Waals surface area contributed by atoms with Crippen LogP contribution < -0.4 is 9.79 Å². The molecule has 0 bridgehead atoms. The number of nitrogens with zero attached hydrogens (tertiary/aromatic N) is 1. The number of rotatable bonds is 5. The van der Waals surface area contributed by atoms with Crippen molar-refractivity contribution < 1.29 is 18.0 Å². The first-order valence-electron chi connectivity index (χ1n) is 4.69. The molecule has 0 saturated heterocycles. The third-order valence-electron chi connectivity index (χ3n) is 2.24. The van der Waals surface area contributed by atoms with Crippen molar-refractivity contribution in [1.82, 2.24) is 0 Å². The zero-order chi connectivity index (χ0) is 12.4. The van der Waals surface area contributed by atoms with Crippen molar-refractivity contribution in [2.24, 2.45) is 0 Å². The van der Waals surface area contributed by atoms with Gasteiger partial charge in [-0.25, -0.2) is 3.66 Å². The number of hydrogen-bond donors (Lipinski definition) is 0. The lowest BCUT2D eigenvalue weighted by Gasteiger charge is -2.47. The predicted octanol–water partition coefficient (Wildman–Crippen LogP) is 2.09. The van der Waals surface area contributed by atoms with Crippen molar-refractivity contribution in [2.75, 3.05) is 13.1 Å². The van der Waals surface area contributed by atoms with E-state index in [1.54, 1.807) is 26.0 Å². The molecule has 0 unspecified atom stereocenters. The van der Waals surface area contributed by atoms with Gasteiger partial charge in [-0.3, -0.25) is 4.57 Å². The fourth-order valence-electron chi connectivity index (χ4n) is 1.26. The molecule has 0 atom stereocenters. The first kappa shape index (κ1) is 14.5. The van der Waals surface area contributed by atoms with Crippen LogP contribution in [0.1, 0.15) is 13.8 Å². The normalized spacial score (nSPS) is 13.1. The average Bonchev–Trinajstić information content (AvgIpc) is 2.58. The Morgan fingerprint density at radius 1 is 1.44 bits per heavy atom. The van der Waals surface area contributed by atoms with Gasteiger partial charge in [-0.05, 0) is 26.0 Å². The molecule has 1 rings (SSSR count). The maximum absolute atomic E-state index is 11.3. The Balaban J connectivity index is 3.00. The van der Waals surface area contributed by atoms with Gasteiger partial charge in [-0.1, -0.05) is 11.6 Å². The molecule has 0 spiro atoms. The summed E-state index contributed by atoms with van der Waals surface area (Å²) in [4.78, 5) is 22.6. The molecule has 16 heavy (non-hydrogen) atoms. The predicted molar refractivity (Wildman–Crippen MR) is 64.1 cm³/mol. The molecule has 0 saturated carbocycles. The molecule has 1 aromatic rings. The van der Waals surface area contributed by atoms with Crippen molar-refractivity contribution in [3.8, 4) is 0 Å². The molecule has 8 heteroatoms. The van der Waals surface area contributed by atoms with Gasteiger partial charge in [-0.15, -0.1) is 11.3 Å². The Kier molecular flexibility index (Phi) is 4.89. The van der Waals surface area contributed by atoms with E-state index in [0.717, 1.165) is 16.2 Å². The van der Waals surface area contributed by atoms with E-state index in [4.69, 9.17) is 11.6 Å². The second kappa shape index (κ2) is 5.40. The van der Waals surface area contributed by atoms with E-state index in [1.807, 2.05) is 0 Å². The van der Waals surface area contributed by atoms with Crippen LogP contribution in [0.2, 0.25) is 4.34 Å². The average molecular weight is 301 g/mol. The van der Waals surface area contributed by atoms with Gasteiger partial charge in [-0.2, -0.15) is 0 Å². The lowest BCUT2D eigenvalue weighted by atomic mass is 10.7. The molecule has 1 heterocycles. The maximum Gasteiger partial charge on any atom is 0.137 e. The van der Waals surface area contributed by atoms with E-state index in [2.05, 4.69) is 0 Å². The Bertz CT molecular complexity index is 402. The van der Waals surface area contributed by atoms with Crippen molar-refractivity contribution >= 4 is 42.6 Å². The topological polar surface area (TPSA) is 63.2 Å². The monoisotopic (exact) mass is 300 g/mol. The summed E-state index contributed by atoms with van der Waals surface area (Å²) in [6, 6.07) is 3.42. The summed E-state index contributed by atoms with van der Waals surface area (Å²) in [6.07, 6.45) is 0. The third kappa shape index (κ3) is 3.01.